The first-order valence-electron chi connectivity index (χ1n) is 4.44. The summed E-state index contributed by atoms with van der Waals surface area (Å²) in [6.45, 7) is 0. The maximum atomic E-state index is 13.0. The van der Waals surface area contributed by atoms with Gasteiger partial charge in [0.15, 0.2) is 0 Å². The summed E-state index contributed by atoms with van der Waals surface area (Å²) in [6, 6.07) is 2.64. The fourth-order valence-electron chi connectivity index (χ4n) is 1.22. The first-order chi connectivity index (χ1) is 7.80. The highest BCUT2D eigenvalue weighted by Crippen LogP contribution is 2.44. The molecule has 1 rings (SSSR count). The van der Waals surface area contributed by atoms with Crippen molar-refractivity contribution in [1.29, 1.82) is 0 Å². The zero-order chi connectivity index (χ0) is 13.2. The van der Waals surface area contributed by atoms with Gasteiger partial charge in [0, 0.05) is 5.56 Å². The van der Waals surface area contributed by atoms with Crippen molar-refractivity contribution in [2.75, 3.05) is 7.11 Å². The molecule has 0 heterocycles. The SMILES string of the molecule is COc1ccc(F)cc1C(Cl)C(F)(F)C(F)F. The lowest BCUT2D eigenvalue weighted by Crippen LogP contribution is -2.31. The van der Waals surface area contributed by atoms with Crippen molar-refractivity contribution in [2.24, 2.45) is 0 Å². The van der Waals surface area contributed by atoms with Crippen LogP contribution in [-0.4, -0.2) is 19.5 Å². The van der Waals surface area contributed by atoms with Crippen LogP contribution in [0.15, 0.2) is 18.2 Å². The van der Waals surface area contributed by atoms with Gasteiger partial charge in [-0.15, -0.1) is 11.6 Å². The molecule has 0 amide bonds. The van der Waals surface area contributed by atoms with Crippen LogP contribution < -0.4 is 4.74 Å². The zero-order valence-corrected chi connectivity index (χ0v) is 9.32. The van der Waals surface area contributed by atoms with E-state index in [0.717, 1.165) is 19.2 Å². The molecule has 0 bridgehead atoms. The van der Waals surface area contributed by atoms with Gasteiger partial charge < -0.3 is 4.74 Å². The summed E-state index contributed by atoms with van der Waals surface area (Å²) in [5.74, 6) is -5.51. The Bertz CT molecular complexity index is 396. The van der Waals surface area contributed by atoms with Gasteiger partial charge in [0.1, 0.15) is 16.9 Å². The molecule has 0 saturated heterocycles. The second-order valence-electron chi connectivity index (χ2n) is 3.22. The number of hydrogen-bond acceptors (Lipinski definition) is 1. The minimum Gasteiger partial charge on any atom is -0.496 e. The van der Waals surface area contributed by atoms with Crippen LogP contribution in [-0.2, 0) is 0 Å². The minimum absolute atomic E-state index is 0.174. The Morgan fingerprint density at radius 1 is 1.29 bits per heavy atom. The van der Waals surface area contributed by atoms with E-state index < -0.39 is 29.1 Å². The average Bonchev–Trinajstić information content (AvgIpc) is 2.27. The number of rotatable bonds is 4. The summed E-state index contributed by atoms with van der Waals surface area (Å²) >= 11 is 5.27. The lowest BCUT2D eigenvalue weighted by Gasteiger charge is -2.22. The molecular formula is C10H8ClF5O. The van der Waals surface area contributed by atoms with Gasteiger partial charge in [-0.1, -0.05) is 0 Å². The predicted molar refractivity (Wildman–Crippen MR) is 52.5 cm³/mol. The number of hydrogen-bond donors (Lipinski definition) is 0. The van der Waals surface area contributed by atoms with E-state index >= 15 is 0 Å². The summed E-state index contributed by atoms with van der Waals surface area (Å²) in [5, 5.41) is -2.37. The maximum Gasteiger partial charge on any atom is 0.327 e. The molecule has 1 aromatic rings. The highest BCUT2D eigenvalue weighted by atomic mass is 35.5. The van der Waals surface area contributed by atoms with Crippen molar-refractivity contribution in [3.63, 3.8) is 0 Å². The molecule has 1 atom stereocenters. The van der Waals surface area contributed by atoms with E-state index in [0.29, 0.717) is 6.07 Å². The number of benzene rings is 1. The highest BCUT2D eigenvalue weighted by molar-refractivity contribution is 6.21. The molecule has 96 valence electrons. The molecule has 1 nitrogen and oxygen atoms in total. The van der Waals surface area contributed by atoms with E-state index in [-0.39, 0.29) is 5.75 Å². The Labute approximate surface area is 99.1 Å². The predicted octanol–water partition coefficient (Wildman–Crippen LogP) is 4.01. The quantitative estimate of drug-likeness (QED) is 0.595. The van der Waals surface area contributed by atoms with Crippen molar-refractivity contribution in [3.05, 3.63) is 29.6 Å². The molecule has 7 heteroatoms. The van der Waals surface area contributed by atoms with Crippen LogP contribution in [0.5, 0.6) is 5.75 Å². The van der Waals surface area contributed by atoms with Gasteiger partial charge in [0.25, 0.3) is 0 Å². The molecule has 0 spiro atoms. The lowest BCUT2D eigenvalue weighted by molar-refractivity contribution is -0.130. The second-order valence-corrected chi connectivity index (χ2v) is 3.66. The van der Waals surface area contributed by atoms with Gasteiger partial charge in [-0.3, -0.25) is 0 Å². The van der Waals surface area contributed by atoms with Gasteiger partial charge in [0.05, 0.1) is 7.11 Å². The van der Waals surface area contributed by atoms with Crippen molar-refractivity contribution >= 4 is 11.6 Å². The third-order valence-corrected chi connectivity index (χ3v) is 2.62. The Morgan fingerprint density at radius 2 is 1.88 bits per heavy atom. The smallest absolute Gasteiger partial charge is 0.327 e. The van der Waals surface area contributed by atoms with E-state index in [1.54, 1.807) is 0 Å². The molecule has 1 aromatic carbocycles. The fraction of sp³-hybridized carbons (Fsp3) is 0.400. The second kappa shape index (κ2) is 5.08. The number of ether oxygens (including phenoxy) is 1. The topological polar surface area (TPSA) is 9.23 Å². The van der Waals surface area contributed by atoms with Crippen LogP contribution in [0.4, 0.5) is 22.0 Å². The van der Waals surface area contributed by atoms with E-state index in [1.165, 1.54) is 0 Å². The zero-order valence-electron chi connectivity index (χ0n) is 8.56. The largest absolute Gasteiger partial charge is 0.496 e. The lowest BCUT2D eigenvalue weighted by atomic mass is 10.1. The van der Waals surface area contributed by atoms with Crippen molar-refractivity contribution in [2.45, 2.75) is 17.7 Å². The van der Waals surface area contributed by atoms with E-state index in [1.807, 2.05) is 0 Å². The third-order valence-electron chi connectivity index (χ3n) is 2.09. The molecule has 17 heavy (non-hydrogen) atoms. The average molecular weight is 275 g/mol. The molecule has 1 unspecified atom stereocenters. The third kappa shape index (κ3) is 2.80. The fourth-order valence-corrected chi connectivity index (χ4v) is 1.49. The Morgan fingerprint density at radius 3 is 2.35 bits per heavy atom. The van der Waals surface area contributed by atoms with Crippen LogP contribution in [0.25, 0.3) is 0 Å². The van der Waals surface area contributed by atoms with Crippen molar-refractivity contribution < 1.29 is 26.7 Å². The minimum atomic E-state index is -4.47. The first-order valence-corrected chi connectivity index (χ1v) is 4.87. The number of methoxy groups -OCH3 is 1. The Kier molecular flexibility index (Phi) is 4.19. The molecule has 0 aliphatic heterocycles. The van der Waals surface area contributed by atoms with Gasteiger partial charge in [-0.25, -0.2) is 13.2 Å². The molecule has 0 aliphatic rings. The van der Waals surface area contributed by atoms with Gasteiger partial charge in [0.2, 0.25) is 0 Å². The summed E-state index contributed by atoms with van der Waals surface area (Å²) < 4.78 is 67.8. The van der Waals surface area contributed by atoms with Gasteiger partial charge in [-0.2, -0.15) is 8.78 Å². The number of alkyl halides is 5. The molecular weight excluding hydrogens is 267 g/mol. The molecule has 0 aliphatic carbocycles. The van der Waals surface area contributed by atoms with Crippen LogP contribution in [0.2, 0.25) is 0 Å². The van der Waals surface area contributed by atoms with Crippen molar-refractivity contribution in [1.82, 2.24) is 0 Å². The Hall–Kier alpha value is -1.04. The monoisotopic (exact) mass is 274 g/mol. The van der Waals surface area contributed by atoms with Gasteiger partial charge >= 0.3 is 12.3 Å². The van der Waals surface area contributed by atoms with Crippen LogP contribution in [0.1, 0.15) is 10.9 Å². The Balaban J connectivity index is 3.19. The van der Waals surface area contributed by atoms with Crippen LogP contribution >= 0.6 is 11.6 Å². The molecule has 0 aromatic heterocycles. The molecule has 0 N–H and O–H groups in total. The highest BCUT2D eigenvalue weighted by Gasteiger charge is 2.49. The molecule has 0 saturated carbocycles. The van der Waals surface area contributed by atoms with E-state index in [4.69, 9.17) is 11.6 Å². The summed E-state index contributed by atoms with van der Waals surface area (Å²) in [5.41, 5.74) is -0.514. The first kappa shape index (κ1) is 14.0. The summed E-state index contributed by atoms with van der Waals surface area (Å²) in [6.07, 6.45) is -3.95. The van der Waals surface area contributed by atoms with Crippen LogP contribution in [0.3, 0.4) is 0 Å². The van der Waals surface area contributed by atoms with Gasteiger partial charge in [-0.05, 0) is 18.2 Å². The normalized spacial score (nSPS) is 13.9. The maximum absolute atomic E-state index is 13.0. The summed E-state index contributed by atoms with van der Waals surface area (Å²) in [4.78, 5) is 0. The number of halogens is 6. The molecule has 0 radical (unpaired) electrons. The van der Waals surface area contributed by atoms with Crippen LogP contribution in [0, 0.1) is 5.82 Å². The summed E-state index contributed by atoms with van der Waals surface area (Å²) in [7, 11) is 1.14. The van der Waals surface area contributed by atoms with Crippen molar-refractivity contribution in [3.8, 4) is 5.75 Å². The standard InChI is InChI=1S/C10H8ClF5O/c1-17-7-3-2-5(12)4-6(7)8(11)10(15,16)9(13)14/h2-4,8-9H,1H3. The molecule has 0 fully saturated rings. The van der Waals surface area contributed by atoms with E-state index in [9.17, 15) is 22.0 Å². The van der Waals surface area contributed by atoms with E-state index in [2.05, 4.69) is 4.74 Å².